The lowest BCUT2D eigenvalue weighted by Gasteiger charge is -2.33. The van der Waals surface area contributed by atoms with E-state index in [2.05, 4.69) is 0 Å². The van der Waals surface area contributed by atoms with Gasteiger partial charge in [-0.15, -0.1) is 0 Å². The third kappa shape index (κ3) is 5.72. The summed E-state index contributed by atoms with van der Waals surface area (Å²) >= 11 is 0. The zero-order valence-corrected chi connectivity index (χ0v) is 19.8. The lowest BCUT2D eigenvalue weighted by atomic mass is 10.1. The van der Waals surface area contributed by atoms with Gasteiger partial charge in [-0.05, 0) is 60.9 Å². The molecule has 2 aromatic carbocycles. The van der Waals surface area contributed by atoms with E-state index in [9.17, 15) is 13.2 Å². The monoisotopic (exact) mass is 469 g/mol. The third-order valence-corrected chi connectivity index (χ3v) is 7.46. The first-order valence-corrected chi connectivity index (χ1v) is 11.9. The topological polar surface area (TPSA) is 99.9 Å². The predicted octanol–water partition coefficient (Wildman–Crippen LogP) is 2.76. The number of ether oxygens (including phenoxy) is 2. The van der Waals surface area contributed by atoms with Crippen LogP contribution in [0.1, 0.15) is 16.7 Å². The van der Waals surface area contributed by atoms with Gasteiger partial charge in [0.05, 0.1) is 12.0 Å². The van der Waals surface area contributed by atoms with Gasteiger partial charge in [0.1, 0.15) is 6.07 Å². The van der Waals surface area contributed by atoms with E-state index in [1.165, 1.54) is 17.5 Å². The number of piperazine rings is 1. The number of hydrogen-bond donors (Lipinski definition) is 0. The van der Waals surface area contributed by atoms with Crippen LogP contribution in [0, 0.1) is 25.2 Å². The van der Waals surface area contributed by atoms with Gasteiger partial charge in [-0.2, -0.15) is 9.57 Å². The van der Waals surface area contributed by atoms with Crippen molar-refractivity contribution in [2.24, 2.45) is 0 Å². The maximum Gasteiger partial charge on any atom is 0.246 e. The van der Waals surface area contributed by atoms with E-state index in [0.29, 0.717) is 24.6 Å². The van der Waals surface area contributed by atoms with E-state index >= 15 is 0 Å². The quantitative estimate of drug-likeness (QED) is 0.578. The van der Waals surface area contributed by atoms with Crippen LogP contribution in [-0.4, -0.2) is 63.4 Å². The molecule has 0 unspecified atom stereocenters. The van der Waals surface area contributed by atoms with Crippen molar-refractivity contribution in [3.8, 4) is 17.6 Å². The molecular formula is C24H27N3O5S. The van der Waals surface area contributed by atoms with Crippen LogP contribution in [0.15, 0.2) is 47.4 Å². The highest BCUT2D eigenvalue weighted by Gasteiger charge is 2.29. The molecule has 0 aliphatic carbocycles. The molecule has 1 saturated heterocycles. The fraction of sp³-hybridized carbons (Fsp3) is 0.333. The second kappa shape index (κ2) is 10.5. The summed E-state index contributed by atoms with van der Waals surface area (Å²) in [5, 5.41) is 8.65. The molecule has 2 aromatic rings. The standard InChI is InChI=1S/C24H27N3O5S/c1-18-4-7-21(16-19(18)2)33(29,30)27-13-11-26(12-14-27)24(28)9-6-20-5-8-22(32-15-10-25)23(17-20)31-3/h4-9,16-17H,11-15H2,1-3H3/b9-6+. The van der Waals surface area contributed by atoms with Crippen molar-refractivity contribution in [3.05, 3.63) is 59.2 Å². The summed E-state index contributed by atoms with van der Waals surface area (Å²) in [7, 11) is -2.09. The first kappa shape index (κ1) is 24.3. The average molecular weight is 470 g/mol. The van der Waals surface area contributed by atoms with Gasteiger partial charge in [0, 0.05) is 32.3 Å². The summed E-state index contributed by atoms with van der Waals surface area (Å²) in [6.45, 7) is 4.86. The Bertz CT molecular complexity index is 1190. The molecule has 0 bridgehead atoms. The van der Waals surface area contributed by atoms with Crippen LogP contribution in [0.5, 0.6) is 11.5 Å². The van der Waals surface area contributed by atoms with E-state index in [1.54, 1.807) is 41.3 Å². The molecule has 0 spiro atoms. The van der Waals surface area contributed by atoms with Crippen molar-refractivity contribution >= 4 is 22.0 Å². The Balaban J connectivity index is 1.62. The summed E-state index contributed by atoms with van der Waals surface area (Å²) in [5.74, 6) is 0.718. The van der Waals surface area contributed by atoms with Crippen LogP contribution in [0.4, 0.5) is 0 Å². The van der Waals surface area contributed by atoms with E-state index in [1.807, 2.05) is 26.0 Å². The van der Waals surface area contributed by atoms with Gasteiger partial charge in [-0.3, -0.25) is 4.79 Å². The molecule has 9 heteroatoms. The average Bonchev–Trinajstić information content (AvgIpc) is 2.83. The number of sulfonamides is 1. The molecule has 0 atom stereocenters. The fourth-order valence-electron chi connectivity index (χ4n) is 3.46. The van der Waals surface area contributed by atoms with E-state index < -0.39 is 10.0 Å². The van der Waals surface area contributed by atoms with Crippen LogP contribution in [0.25, 0.3) is 6.08 Å². The molecule has 0 radical (unpaired) electrons. The molecule has 1 fully saturated rings. The van der Waals surface area contributed by atoms with Crippen molar-refractivity contribution in [2.45, 2.75) is 18.7 Å². The third-order valence-electron chi connectivity index (χ3n) is 5.56. The molecule has 1 aliphatic heterocycles. The molecule has 33 heavy (non-hydrogen) atoms. The molecule has 1 heterocycles. The largest absolute Gasteiger partial charge is 0.493 e. The zero-order valence-electron chi connectivity index (χ0n) is 18.9. The maximum atomic E-state index is 13.0. The Labute approximate surface area is 194 Å². The highest BCUT2D eigenvalue weighted by molar-refractivity contribution is 7.89. The van der Waals surface area contributed by atoms with Crippen molar-refractivity contribution in [1.82, 2.24) is 9.21 Å². The fourth-order valence-corrected chi connectivity index (χ4v) is 4.97. The minimum Gasteiger partial charge on any atom is -0.493 e. The number of carbonyl (C=O) groups excluding carboxylic acids is 1. The van der Waals surface area contributed by atoms with Crippen molar-refractivity contribution < 1.29 is 22.7 Å². The number of methoxy groups -OCH3 is 1. The smallest absolute Gasteiger partial charge is 0.246 e. The van der Waals surface area contributed by atoms with Gasteiger partial charge in [0.15, 0.2) is 18.1 Å². The Kier molecular flexibility index (Phi) is 7.74. The Morgan fingerprint density at radius 2 is 1.79 bits per heavy atom. The van der Waals surface area contributed by atoms with Crippen LogP contribution in [-0.2, 0) is 14.8 Å². The van der Waals surface area contributed by atoms with Crippen molar-refractivity contribution in [1.29, 1.82) is 5.26 Å². The zero-order chi connectivity index (χ0) is 24.0. The van der Waals surface area contributed by atoms with Gasteiger partial charge in [-0.1, -0.05) is 12.1 Å². The molecule has 8 nitrogen and oxygen atoms in total. The second-order valence-electron chi connectivity index (χ2n) is 7.67. The van der Waals surface area contributed by atoms with E-state index in [-0.39, 0.29) is 30.5 Å². The van der Waals surface area contributed by atoms with Gasteiger partial charge < -0.3 is 14.4 Å². The molecule has 1 aliphatic rings. The number of amides is 1. The highest BCUT2D eigenvalue weighted by atomic mass is 32.2. The van der Waals surface area contributed by atoms with Crippen LogP contribution >= 0.6 is 0 Å². The number of benzene rings is 2. The molecule has 0 N–H and O–H groups in total. The number of nitriles is 1. The number of aryl methyl sites for hydroxylation is 2. The Morgan fingerprint density at radius 3 is 2.42 bits per heavy atom. The number of nitrogens with zero attached hydrogens (tertiary/aromatic N) is 3. The molecule has 1 amide bonds. The first-order chi connectivity index (χ1) is 15.8. The molecule has 3 rings (SSSR count). The van der Waals surface area contributed by atoms with Gasteiger partial charge in [0.2, 0.25) is 15.9 Å². The van der Waals surface area contributed by atoms with E-state index in [0.717, 1.165) is 16.7 Å². The van der Waals surface area contributed by atoms with Crippen molar-refractivity contribution in [3.63, 3.8) is 0 Å². The number of rotatable bonds is 7. The van der Waals surface area contributed by atoms with Gasteiger partial charge >= 0.3 is 0 Å². The van der Waals surface area contributed by atoms with Crippen LogP contribution in [0.2, 0.25) is 0 Å². The van der Waals surface area contributed by atoms with Crippen LogP contribution in [0.3, 0.4) is 0 Å². The maximum absolute atomic E-state index is 13.0. The summed E-state index contributed by atoms with van der Waals surface area (Å²) in [6, 6.07) is 12.2. The van der Waals surface area contributed by atoms with E-state index in [4.69, 9.17) is 14.7 Å². The molecular weight excluding hydrogens is 442 g/mol. The molecule has 174 valence electrons. The minimum atomic E-state index is -3.59. The highest BCUT2D eigenvalue weighted by Crippen LogP contribution is 2.28. The Hall–Kier alpha value is -3.35. The summed E-state index contributed by atoms with van der Waals surface area (Å²) in [4.78, 5) is 14.5. The van der Waals surface area contributed by atoms with Gasteiger partial charge in [0.25, 0.3) is 0 Å². The number of carbonyl (C=O) groups is 1. The second-order valence-corrected chi connectivity index (χ2v) is 9.60. The first-order valence-electron chi connectivity index (χ1n) is 10.5. The normalized spacial score (nSPS) is 14.8. The Morgan fingerprint density at radius 1 is 1.06 bits per heavy atom. The van der Waals surface area contributed by atoms with Gasteiger partial charge in [-0.25, -0.2) is 8.42 Å². The molecule has 0 aromatic heterocycles. The molecule has 0 saturated carbocycles. The summed E-state index contributed by atoms with van der Waals surface area (Å²) in [6.07, 6.45) is 3.12. The minimum absolute atomic E-state index is 0.0880. The lowest BCUT2D eigenvalue weighted by molar-refractivity contribution is -0.127. The lowest BCUT2D eigenvalue weighted by Crippen LogP contribution is -2.50. The summed E-state index contributed by atoms with van der Waals surface area (Å²) < 4.78 is 37.9. The number of hydrogen-bond acceptors (Lipinski definition) is 6. The summed E-state index contributed by atoms with van der Waals surface area (Å²) in [5.41, 5.74) is 2.70. The van der Waals surface area contributed by atoms with Crippen LogP contribution < -0.4 is 9.47 Å². The predicted molar refractivity (Wildman–Crippen MR) is 124 cm³/mol. The van der Waals surface area contributed by atoms with Crippen molar-refractivity contribution in [2.75, 3.05) is 39.9 Å². The SMILES string of the molecule is COc1cc(/C=C/C(=O)N2CCN(S(=O)(=O)c3ccc(C)c(C)c3)CC2)ccc1OCC#N.